The van der Waals surface area contributed by atoms with Crippen LogP contribution in [0.5, 0.6) is 11.5 Å². The number of nitrogens with zero attached hydrogens (tertiary/aromatic N) is 3. The molecule has 1 saturated heterocycles. The second-order valence-corrected chi connectivity index (χ2v) is 10.5. The smallest absolute Gasteiger partial charge is 0.241 e. The van der Waals surface area contributed by atoms with Crippen LogP contribution in [0.4, 0.5) is 5.69 Å². The molecule has 1 aliphatic rings. The van der Waals surface area contributed by atoms with Crippen molar-refractivity contribution in [3.63, 3.8) is 0 Å². The number of ether oxygens (including phenoxy) is 2. The van der Waals surface area contributed by atoms with Crippen molar-refractivity contribution in [3.8, 4) is 22.9 Å². The number of carbonyl (C=O) groups excluding carboxylic acids is 1. The lowest BCUT2D eigenvalue weighted by molar-refractivity contribution is -0.121. The molecule has 3 aromatic rings. The normalized spacial score (nSPS) is 15.1. The molecular weight excluding hydrogens is 480 g/mol. The standard InChI is InChI=1S/C27H33ClN4O4/c1-27(2,3)19-8-6-17(7-9-19)25-30-24(36-31-25)16-32-12-10-18(11-13-32)26(33)29-21-15-22(34-4)20(28)14-23(21)35-5/h6-9,14-15,18H,10-13,16H2,1-5H3,(H,29,33). The number of hydrogen-bond acceptors (Lipinski definition) is 7. The third kappa shape index (κ3) is 5.99. The van der Waals surface area contributed by atoms with Crippen molar-refractivity contribution in [2.45, 2.75) is 45.6 Å². The maximum absolute atomic E-state index is 12.9. The summed E-state index contributed by atoms with van der Waals surface area (Å²) in [6.45, 7) is 8.64. The highest BCUT2D eigenvalue weighted by Crippen LogP contribution is 2.36. The van der Waals surface area contributed by atoms with Gasteiger partial charge in [-0.1, -0.05) is 61.8 Å². The van der Waals surface area contributed by atoms with Crippen molar-refractivity contribution < 1.29 is 18.8 Å². The number of rotatable bonds is 7. The quantitative estimate of drug-likeness (QED) is 0.443. The summed E-state index contributed by atoms with van der Waals surface area (Å²) >= 11 is 6.17. The Morgan fingerprint density at radius 2 is 1.78 bits per heavy atom. The van der Waals surface area contributed by atoms with Crippen LogP contribution in [0.2, 0.25) is 5.02 Å². The Labute approximate surface area is 216 Å². The number of methoxy groups -OCH3 is 2. The molecule has 2 aromatic carbocycles. The molecule has 0 unspecified atom stereocenters. The predicted octanol–water partition coefficient (Wildman–Crippen LogP) is 5.56. The van der Waals surface area contributed by atoms with Crippen LogP contribution < -0.4 is 14.8 Å². The van der Waals surface area contributed by atoms with Gasteiger partial charge in [0.2, 0.25) is 17.6 Å². The van der Waals surface area contributed by atoms with E-state index >= 15 is 0 Å². The van der Waals surface area contributed by atoms with Gasteiger partial charge < -0.3 is 19.3 Å². The van der Waals surface area contributed by atoms with Gasteiger partial charge in [0.25, 0.3) is 0 Å². The molecule has 1 aromatic heterocycles. The lowest BCUT2D eigenvalue weighted by Gasteiger charge is -2.30. The first kappa shape index (κ1) is 26.0. The number of piperidine rings is 1. The monoisotopic (exact) mass is 512 g/mol. The van der Waals surface area contributed by atoms with E-state index in [1.807, 2.05) is 12.1 Å². The Balaban J connectivity index is 1.32. The molecule has 192 valence electrons. The van der Waals surface area contributed by atoms with Crippen LogP contribution in [-0.4, -0.2) is 48.3 Å². The van der Waals surface area contributed by atoms with E-state index in [1.54, 1.807) is 12.1 Å². The maximum atomic E-state index is 12.9. The second kappa shape index (κ2) is 10.9. The van der Waals surface area contributed by atoms with Gasteiger partial charge in [-0.25, -0.2) is 0 Å². The topological polar surface area (TPSA) is 89.7 Å². The summed E-state index contributed by atoms with van der Waals surface area (Å²) in [5.41, 5.74) is 2.83. The van der Waals surface area contributed by atoms with Crippen LogP contribution in [0.25, 0.3) is 11.4 Å². The molecule has 1 fully saturated rings. The summed E-state index contributed by atoms with van der Waals surface area (Å²) in [4.78, 5) is 19.7. The molecule has 0 bridgehead atoms. The van der Waals surface area contributed by atoms with E-state index in [-0.39, 0.29) is 17.2 Å². The van der Waals surface area contributed by atoms with Gasteiger partial charge in [0.05, 0.1) is 31.5 Å². The summed E-state index contributed by atoms with van der Waals surface area (Å²) in [5.74, 6) is 1.99. The largest absolute Gasteiger partial charge is 0.495 e. The summed E-state index contributed by atoms with van der Waals surface area (Å²) < 4.78 is 16.1. The van der Waals surface area contributed by atoms with Gasteiger partial charge in [-0.3, -0.25) is 9.69 Å². The van der Waals surface area contributed by atoms with E-state index in [9.17, 15) is 4.79 Å². The predicted molar refractivity (Wildman–Crippen MR) is 140 cm³/mol. The van der Waals surface area contributed by atoms with Crippen molar-refractivity contribution in [1.29, 1.82) is 0 Å². The van der Waals surface area contributed by atoms with Gasteiger partial charge in [-0.2, -0.15) is 4.98 Å². The third-order valence-corrected chi connectivity index (χ3v) is 6.82. The molecule has 1 aliphatic heterocycles. The molecule has 0 atom stereocenters. The Morgan fingerprint density at radius 1 is 1.11 bits per heavy atom. The van der Waals surface area contributed by atoms with Crippen molar-refractivity contribution in [2.24, 2.45) is 5.92 Å². The van der Waals surface area contributed by atoms with Crippen LogP contribution in [0.15, 0.2) is 40.9 Å². The number of amides is 1. The summed E-state index contributed by atoms with van der Waals surface area (Å²) in [5, 5.41) is 7.56. The maximum Gasteiger partial charge on any atom is 0.241 e. The molecule has 4 rings (SSSR count). The van der Waals surface area contributed by atoms with Crippen molar-refractivity contribution in [3.05, 3.63) is 52.9 Å². The average Bonchev–Trinajstić information content (AvgIpc) is 3.33. The van der Waals surface area contributed by atoms with Crippen LogP contribution >= 0.6 is 11.6 Å². The number of aromatic nitrogens is 2. The van der Waals surface area contributed by atoms with Crippen LogP contribution in [-0.2, 0) is 16.8 Å². The molecule has 1 amide bonds. The van der Waals surface area contributed by atoms with Crippen LogP contribution in [0, 0.1) is 5.92 Å². The number of likely N-dealkylation sites (tertiary alicyclic amines) is 1. The van der Waals surface area contributed by atoms with Gasteiger partial charge >= 0.3 is 0 Å². The lowest BCUT2D eigenvalue weighted by atomic mass is 9.87. The zero-order valence-electron chi connectivity index (χ0n) is 21.4. The SMILES string of the molecule is COc1cc(NC(=O)C2CCN(Cc3nc(-c4ccc(C(C)(C)C)cc4)no3)CC2)c(OC)cc1Cl. The molecule has 36 heavy (non-hydrogen) atoms. The minimum absolute atomic E-state index is 0.0453. The molecule has 0 spiro atoms. The van der Waals surface area contributed by atoms with Gasteiger partial charge in [0.1, 0.15) is 11.5 Å². The molecule has 0 radical (unpaired) electrons. The molecule has 9 heteroatoms. The summed E-state index contributed by atoms with van der Waals surface area (Å²) in [6.07, 6.45) is 1.46. The fraction of sp³-hybridized carbons (Fsp3) is 0.444. The van der Waals surface area contributed by atoms with Crippen molar-refractivity contribution in [1.82, 2.24) is 15.0 Å². The van der Waals surface area contributed by atoms with E-state index in [0.717, 1.165) is 31.5 Å². The lowest BCUT2D eigenvalue weighted by Crippen LogP contribution is -2.37. The highest BCUT2D eigenvalue weighted by Gasteiger charge is 2.27. The number of anilines is 1. The van der Waals surface area contributed by atoms with E-state index in [0.29, 0.717) is 40.5 Å². The Bertz CT molecular complexity index is 1200. The van der Waals surface area contributed by atoms with E-state index in [2.05, 4.69) is 53.3 Å². The zero-order valence-corrected chi connectivity index (χ0v) is 22.2. The molecule has 0 aliphatic carbocycles. The minimum Gasteiger partial charge on any atom is -0.495 e. The average molecular weight is 513 g/mol. The second-order valence-electron chi connectivity index (χ2n) is 10.1. The third-order valence-electron chi connectivity index (χ3n) is 6.53. The van der Waals surface area contributed by atoms with Crippen LogP contribution in [0.1, 0.15) is 45.1 Å². The van der Waals surface area contributed by atoms with Gasteiger partial charge in [0, 0.05) is 23.6 Å². The highest BCUT2D eigenvalue weighted by atomic mass is 35.5. The number of hydrogen-bond donors (Lipinski definition) is 1. The fourth-order valence-electron chi connectivity index (χ4n) is 4.29. The van der Waals surface area contributed by atoms with E-state index in [4.69, 9.17) is 25.6 Å². The van der Waals surface area contributed by atoms with Crippen LogP contribution in [0.3, 0.4) is 0 Å². The molecule has 1 N–H and O–H groups in total. The Hall–Kier alpha value is -3.10. The summed E-state index contributed by atoms with van der Waals surface area (Å²) in [7, 11) is 3.07. The number of nitrogens with one attached hydrogen (secondary N) is 1. The molecule has 0 saturated carbocycles. The Morgan fingerprint density at radius 3 is 2.39 bits per heavy atom. The van der Waals surface area contributed by atoms with E-state index in [1.165, 1.54) is 19.8 Å². The minimum atomic E-state index is -0.104. The van der Waals surface area contributed by atoms with Gasteiger partial charge in [-0.05, 0) is 36.9 Å². The molecule has 2 heterocycles. The van der Waals surface area contributed by atoms with E-state index < -0.39 is 0 Å². The number of halogens is 1. The van der Waals surface area contributed by atoms with Gasteiger partial charge in [0.15, 0.2) is 0 Å². The first-order valence-electron chi connectivity index (χ1n) is 12.1. The van der Waals surface area contributed by atoms with Crippen molar-refractivity contribution in [2.75, 3.05) is 32.6 Å². The molecular formula is C27H33ClN4O4. The first-order valence-corrected chi connectivity index (χ1v) is 12.4. The summed E-state index contributed by atoms with van der Waals surface area (Å²) in [6, 6.07) is 11.6. The number of benzene rings is 2. The zero-order chi connectivity index (χ0) is 25.9. The highest BCUT2D eigenvalue weighted by molar-refractivity contribution is 6.32. The number of carbonyl (C=O) groups is 1. The van der Waals surface area contributed by atoms with Gasteiger partial charge in [-0.15, -0.1) is 0 Å². The first-order chi connectivity index (χ1) is 17.2. The van der Waals surface area contributed by atoms with Crippen molar-refractivity contribution >= 4 is 23.2 Å². The fourth-order valence-corrected chi connectivity index (χ4v) is 4.52. The molecule has 8 nitrogen and oxygen atoms in total. The Kier molecular flexibility index (Phi) is 7.85.